The van der Waals surface area contributed by atoms with E-state index >= 15 is 0 Å². The molecule has 0 unspecified atom stereocenters. The van der Waals surface area contributed by atoms with Gasteiger partial charge < -0.3 is 10.1 Å². The molecule has 0 saturated carbocycles. The van der Waals surface area contributed by atoms with Gasteiger partial charge in [-0.15, -0.1) is 11.3 Å². The van der Waals surface area contributed by atoms with Crippen molar-refractivity contribution in [3.63, 3.8) is 0 Å². The summed E-state index contributed by atoms with van der Waals surface area (Å²) in [5, 5.41) is 3.98. The molecule has 0 amide bonds. The van der Waals surface area contributed by atoms with Gasteiger partial charge >= 0.3 is 5.97 Å². The fourth-order valence-electron chi connectivity index (χ4n) is 1.00. The Morgan fingerprint density at radius 1 is 1.69 bits per heavy atom. The lowest BCUT2D eigenvalue weighted by molar-refractivity contribution is 0.0531. The summed E-state index contributed by atoms with van der Waals surface area (Å²) < 4.78 is 4.91. The lowest BCUT2D eigenvalue weighted by atomic mass is 10.3. The minimum atomic E-state index is -0.230. The number of ether oxygens (including phenoxy) is 1. The number of hydrogen-bond donors (Lipinski definition) is 1. The van der Waals surface area contributed by atoms with Crippen molar-refractivity contribution >= 4 is 22.3 Å². The van der Waals surface area contributed by atoms with Gasteiger partial charge in [0.2, 0.25) is 0 Å². The maximum Gasteiger partial charge on any atom is 0.348 e. The molecule has 0 saturated heterocycles. The van der Waals surface area contributed by atoms with E-state index in [0.29, 0.717) is 11.5 Å². The van der Waals surface area contributed by atoms with Crippen molar-refractivity contribution in [2.45, 2.75) is 13.8 Å². The molecule has 13 heavy (non-hydrogen) atoms. The maximum atomic E-state index is 11.4. The molecule has 0 aliphatic carbocycles. The number of aryl methyl sites for hydroxylation is 1. The summed E-state index contributed by atoms with van der Waals surface area (Å²) in [6, 6.07) is 1.94. The fourth-order valence-corrected chi connectivity index (χ4v) is 1.92. The van der Waals surface area contributed by atoms with Gasteiger partial charge in [0.25, 0.3) is 0 Å². The van der Waals surface area contributed by atoms with Crippen LogP contribution in [-0.4, -0.2) is 19.6 Å². The lowest BCUT2D eigenvalue weighted by Gasteiger charge is -1.98. The molecule has 0 radical (unpaired) electrons. The van der Waals surface area contributed by atoms with E-state index in [2.05, 4.69) is 5.32 Å². The van der Waals surface area contributed by atoms with Crippen LogP contribution in [0.15, 0.2) is 6.07 Å². The van der Waals surface area contributed by atoms with E-state index in [-0.39, 0.29) is 5.97 Å². The van der Waals surface area contributed by atoms with Crippen LogP contribution in [0.4, 0.5) is 5.00 Å². The van der Waals surface area contributed by atoms with E-state index in [1.54, 1.807) is 6.92 Å². The largest absolute Gasteiger partial charge is 0.462 e. The Hall–Kier alpha value is -1.03. The Balaban J connectivity index is 2.87. The zero-order valence-corrected chi connectivity index (χ0v) is 8.83. The van der Waals surface area contributed by atoms with Crippen LogP contribution in [0, 0.1) is 6.92 Å². The first-order chi connectivity index (χ1) is 6.19. The molecule has 0 aliphatic heterocycles. The van der Waals surface area contributed by atoms with Gasteiger partial charge in [0.1, 0.15) is 4.88 Å². The van der Waals surface area contributed by atoms with Crippen LogP contribution in [0.5, 0.6) is 0 Å². The molecule has 0 aromatic carbocycles. The van der Waals surface area contributed by atoms with Gasteiger partial charge in [-0.05, 0) is 25.5 Å². The molecule has 1 aromatic heterocycles. The van der Waals surface area contributed by atoms with Crippen LogP contribution < -0.4 is 5.32 Å². The van der Waals surface area contributed by atoms with Crippen molar-refractivity contribution in [2.24, 2.45) is 0 Å². The molecule has 1 heterocycles. The van der Waals surface area contributed by atoms with Crippen molar-refractivity contribution in [3.05, 3.63) is 16.5 Å². The third-order valence-electron chi connectivity index (χ3n) is 1.63. The first-order valence-electron chi connectivity index (χ1n) is 4.14. The molecule has 3 nitrogen and oxygen atoms in total. The number of rotatable bonds is 3. The Labute approximate surface area is 81.7 Å². The van der Waals surface area contributed by atoms with E-state index in [9.17, 15) is 4.79 Å². The molecule has 0 fully saturated rings. The highest BCUT2D eigenvalue weighted by molar-refractivity contribution is 7.18. The fraction of sp³-hybridized carbons (Fsp3) is 0.444. The van der Waals surface area contributed by atoms with E-state index in [1.165, 1.54) is 11.3 Å². The molecule has 0 atom stereocenters. The molecule has 0 spiro atoms. The zero-order chi connectivity index (χ0) is 9.84. The molecule has 1 aromatic rings. The average Bonchev–Trinajstić information content (AvgIpc) is 2.47. The van der Waals surface area contributed by atoms with Crippen molar-refractivity contribution in [1.82, 2.24) is 0 Å². The van der Waals surface area contributed by atoms with Crippen molar-refractivity contribution in [2.75, 3.05) is 19.0 Å². The van der Waals surface area contributed by atoms with Crippen LogP contribution in [0.2, 0.25) is 0 Å². The summed E-state index contributed by atoms with van der Waals surface area (Å²) in [5.74, 6) is -0.230. The third-order valence-corrected chi connectivity index (χ3v) is 2.86. The Morgan fingerprint density at radius 2 is 2.38 bits per heavy atom. The topological polar surface area (TPSA) is 38.3 Å². The number of nitrogens with one attached hydrogen (secondary N) is 1. The van der Waals surface area contributed by atoms with E-state index < -0.39 is 0 Å². The summed E-state index contributed by atoms with van der Waals surface area (Å²) in [4.78, 5) is 12.0. The highest BCUT2D eigenvalue weighted by Crippen LogP contribution is 2.26. The SMILES string of the molecule is CCOC(=O)c1sc(NC)cc1C. The van der Waals surface area contributed by atoms with Gasteiger partial charge in [0.15, 0.2) is 0 Å². The number of carbonyl (C=O) groups excluding carboxylic acids is 1. The second-order valence-corrected chi connectivity index (χ2v) is 3.65. The number of anilines is 1. The molecule has 1 rings (SSSR count). The normalized spacial score (nSPS) is 9.77. The number of esters is 1. The maximum absolute atomic E-state index is 11.4. The van der Waals surface area contributed by atoms with E-state index in [0.717, 1.165) is 10.6 Å². The highest BCUT2D eigenvalue weighted by Gasteiger charge is 2.13. The molecule has 0 bridgehead atoms. The van der Waals surface area contributed by atoms with Gasteiger partial charge in [-0.3, -0.25) is 0 Å². The summed E-state index contributed by atoms with van der Waals surface area (Å²) in [6.07, 6.45) is 0. The van der Waals surface area contributed by atoms with Gasteiger partial charge in [-0.2, -0.15) is 0 Å². The standard InChI is InChI=1S/C9H13NO2S/c1-4-12-9(11)8-6(2)5-7(10-3)13-8/h5,10H,4H2,1-3H3. The second kappa shape index (κ2) is 4.28. The minimum absolute atomic E-state index is 0.230. The predicted molar refractivity (Wildman–Crippen MR) is 54.6 cm³/mol. The van der Waals surface area contributed by atoms with Crippen LogP contribution in [0.3, 0.4) is 0 Å². The lowest BCUT2D eigenvalue weighted by Crippen LogP contribution is -2.03. The minimum Gasteiger partial charge on any atom is -0.462 e. The smallest absolute Gasteiger partial charge is 0.348 e. The van der Waals surface area contributed by atoms with E-state index in [4.69, 9.17) is 4.74 Å². The summed E-state index contributed by atoms with van der Waals surface area (Å²) in [5.41, 5.74) is 0.966. The molecule has 4 heteroatoms. The molecule has 72 valence electrons. The number of carbonyl (C=O) groups is 1. The van der Waals surface area contributed by atoms with Gasteiger partial charge in [-0.25, -0.2) is 4.79 Å². The van der Waals surface area contributed by atoms with Crippen molar-refractivity contribution in [1.29, 1.82) is 0 Å². The molecular formula is C9H13NO2S. The highest BCUT2D eigenvalue weighted by atomic mass is 32.1. The predicted octanol–water partition coefficient (Wildman–Crippen LogP) is 2.27. The Kier molecular flexibility index (Phi) is 3.31. The van der Waals surface area contributed by atoms with Crippen LogP contribution in [0.1, 0.15) is 22.2 Å². The van der Waals surface area contributed by atoms with Crippen molar-refractivity contribution in [3.8, 4) is 0 Å². The van der Waals surface area contributed by atoms with Gasteiger partial charge in [0.05, 0.1) is 11.6 Å². The first kappa shape index (κ1) is 10.1. The zero-order valence-electron chi connectivity index (χ0n) is 8.01. The first-order valence-corrected chi connectivity index (χ1v) is 4.96. The summed E-state index contributed by atoms with van der Waals surface area (Å²) in [7, 11) is 1.83. The monoisotopic (exact) mass is 199 g/mol. The molecular weight excluding hydrogens is 186 g/mol. The second-order valence-electron chi connectivity index (χ2n) is 2.59. The Morgan fingerprint density at radius 3 is 2.85 bits per heavy atom. The molecule has 1 N–H and O–H groups in total. The van der Waals surface area contributed by atoms with E-state index in [1.807, 2.05) is 20.0 Å². The van der Waals surface area contributed by atoms with Gasteiger partial charge in [-0.1, -0.05) is 0 Å². The summed E-state index contributed by atoms with van der Waals surface area (Å²) >= 11 is 1.42. The molecule has 0 aliphatic rings. The summed E-state index contributed by atoms with van der Waals surface area (Å²) in [6.45, 7) is 4.13. The van der Waals surface area contributed by atoms with Gasteiger partial charge in [0, 0.05) is 7.05 Å². The average molecular weight is 199 g/mol. The van der Waals surface area contributed by atoms with Crippen LogP contribution in [0.25, 0.3) is 0 Å². The number of hydrogen-bond acceptors (Lipinski definition) is 4. The number of thiophene rings is 1. The van der Waals surface area contributed by atoms with Crippen LogP contribution in [-0.2, 0) is 4.74 Å². The van der Waals surface area contributed by atoms with Crippen molar-refractivity contribution < 1.29 is 9.53 Å². The third kappa shape index (κ3) is 2.21. The van der Waals surface area contributed by atoms with Crippen LogP contribution >= 0.6 is 11.3 Å². The quantitative estimate of drug-likeness (QED) is 0.759. The Bertz CT molecular complexity index is 307.